The van der Waals surface area contributed by atoms with Crippen molar-refractivity contribution >= 4 is 71.4 Å². The summed E-state index contributed by atoms with van der Waals surface area (Å²) in [6.07, 6.45) is 6.58. The Morgan fingerprint density at radius 2 is 1.28 bits per heavy atom. The van der Waals surface area contributed by atoms with E-state index in [9.17, 15) is 49.9 Å². The van der Waals surface area contributed by atoms with Crippen molar-refractivity contribution in [2.75, 3.05) is 35.9 Å². The summed E-state index contributed by atoms with van der Waals surface area (Å²) < 4.78 is 69.8. The number of anilines is 3. The lowest BCUT2D eigenvalue weighted by molar-refractivity contribution is -0.138. The average molecular weight is 873 g/mol. The summed E-state index contributed by atoms with van der Waals surface area (Å²) >= 11 is 0. The number of Topliss-reactive ketones (excluding diaryl/α,β-unsaturated/α-hetero) is 1. The van der Waals surface area contributed by atoms with Crippen LogP contribution in [-0.2, 0) is 34.6 Å². The minimum absolute atomic E-state index is 0.0482. The van der Waals surface area contributed by atoms with Crippen LogP contribution in [-0.4, -0.2) is 68.6 Å². The van der Waals surface area contributed by atoms with Gasteiger partial charge >= 0.3 is 0 Å². The van der Waals surface area contributed by atoms with Crippen LogP contribution >= 0.6 is 0 Å². The van der Waals surface area contributed by atoms with Crippen molar-refractivity contribution in [3.63, 3.8) is 0 Å². The van der Waals surface area contributed by atoms with E-state index in [2.05, 4.69) is 20.7 Å². The summed E-state index contributed by atoms with van der Waals surface area (Å²) in [4.78, 5) is 68.5. The zero-order valence-corrected chi connectivity index (χ0v) is 34.8. The van der Waals surface area contributed by atoms with Crippen LogP contribution < -0.4 is 37.3 Å². The van der Waals surface area contributed by atoms with Crippen LogP contribution in [0.15, 0.2) is 97.2 Å². The first-order chi connectivity index (χ1) is 28.9. The minimum Gasteiger partial charge on any atom is -0.375 e. The molecule has 19 heteroatoms. The van der Waals surface area contributed by atoms with Gasteiger partial charge < -0.3 is 15.8 Å². The molecular weight excluding hydrogens is 829 g/mol. The number of hydrazine groups is 1. The fraction of sp³-hybridized carbons (Fsp3) is 0.310. The standard InChI is InChI=1S/C42H44N6O11S2/c1-47(22-8-4-2-3-5-10-29(49)11-9-23-48-36(50)20-21-37(48)51)28-17-14-26(15-18-28)45-46-27-16-19-32(34(24-27)60(54,55)56)44-33-25-35(61(57,58)59)40(43)39-38(33)41(52)30-12-6-7-13-31(30)42(39)53/h6-7,12-19,24-25,43,45-46H,2-5,8-11,20-23H2,1H3,(H,54,55,56)(H,57,58,59). The number of carbonyl (C=O) groups excluding carboxylic acids is 3. The molecule has 0 radical (unpaired) electrons. The van der Waals surface area contributed by atoms with Crippen LogP contribution in [0.4, 0.5) is 22.7 Å². The summed E-state index contributed by atoms with van der Waals surface area (Å²) in [6, 6.07) is 17.4. The SMILES string of the molecule is CN(CCCCCCCC(=O)CCCN1C(=O)CCC1=O)c1ccc(NNc2ccc(N=c3cc(S(=O)(=O)O)c(=N)c4c(=O)c5ccccc5c(=O)c3=4)c(S(=O)(=O)O)c2)cc1. The largest absolute Gasteiger partial charge is 0.375 e. The molecule has 61 heavy (non-hydrogen) atoms. The normalized spacial score (nSPS) is 13.7. The van der Waals surface area contributed by atoms with Gasteiger partial charge in [0.2, 0.25) is 11.8 Å². The van der Waals surface area contributed by atoms with E-state index in [1.807, 2.05) is 19.2 Å². The fourth-order valence-corrected chi connectivity index (χ4v) is 8.54. The molecule has 3 aromatic carbocycles. The monoisotopic (exact) mass is 872 g/mol. The molecule has 6 rings (SSSR count). The van der Waals surface area contributed by atoms with E-state index in [0.717, 1.165) is 50.4 Å². The number of carbonyl (C=O) groups is 3. The molecular formula is C42H44N6O11S2. The van der Waals surface area contributed by atoms with Crippen LogP contribution in [0.1, 0.15) is 64.2 Å². The number of nitrogens with one attached hydrogen (secondary N) is 3. The fourth-order valence-electron chi connectivity index (χ4n) is 7.27. The highest BCUT2D eigenvalue weighted by Gasteiger charge is 2.28. The van der Waals surface area contributed by atoms with Gasteiger partial charge in [-0.05, 0) is 67.8 Å². The molecule has 1 saturated heterocycles. The molecule has 2 amide bonds. The second kappa shape index (κ2) is 18.6. The molecule has 320 valence electrons. The average Bonchev–Trinajstić information content (AvgIpc) is 3.54. The van der Waals surface area contributed by atoms with Crippen LogP contribution in [0, 0.1) is 15.8 Å². The van der Waals surface area contributed by atoms with Crippen molar-refractivity contribution in [1.82, 2.24) is 4.90 Å². The molecule has 5 N–H and O–H groups in total. The number of fused-ring (bicyclic) bond motifs is 1. The highest BCUT2D eigenvalue weighted by molar-refractivity contribution is 7.86. The minimum atomic E-state index is -5.12. The first-order valence-corrected chi connectivity index (χ1v) is 22.4. The molecule has 17 nitrogen and oxygen atoms in total. The highest BCUT2D eigenvalue weighted by Crippen LogP contribution is 2.28. The van der Waals surface area contributed by atoms with E-state index >= 15 is 0 Å². The van der Waals surface area contributed by atoms with E-state index in [1.165, 1.54) is 41.3 Å². The smallest absolute Gasteiger partial charge is 0.296 e. The molecule has 1 aliphatic heterocycles. The number of unbranched alkanes of at least 4 members (excludes halogenated alkanes) is 4. The first-order valence-electron chi connectivity index (χ1n) is 19.5. The van der Waals surface area contributed by atoms with E-state index in [4.69, 9.17) is 5.41 Å². The van der Waals surface area contributed by atoms with Gasteiger partial charge in [0.05, 0.1) is 38.2 Å². The number of benzene rings is 3. The predicted octanol–water partition coefficient (Wildman–Crippen LogP) is 4.08. The molecule has 0 spiro atoms. The highest BCUT2D eigenvalue weighted by atomic mass is 32.2. The topological polar surface area (TPSA) is 261 Å². The lowest BCUT2D eigenvalue weighted by Gasteiger charge is -2.20. The third-order valence-electron chi connectivity index (χ3n) is 10.5. The second-order valence-corrected chi connectivity index (χ2v) is 17.6. The van der Waals surface area contributed by atoms with Crippen molar-refractivity contribution in [3.8, 4) is 0 Å². The number of rotatable bonds is 19. The third kappa shape index (κ3) is 10.4. The molecule has 1 fully saturated rings. The number of hydrogen-bond acceptors (Lipinski definition) is 14. The van der Waals surface area contributed by atoms with Crippen molar-refractivity contribution in [2.24, 2.45) is 4.99 Å². The molecule has 0 atom stereocenters. The van der Waals surface area contributed by atoms with Gasteiger partial charge in [-0.1, -0.05) is 43.5 Å². The molecule has 3 aromatic rings. The van der Waals surface area contributed by atoms with Crippen molar-refractivity contribution in [3.05, 3.63) is 114 Å². The lowest BCUT2D eigenvalue weighted by atomic mass is 10.0. The lowest BCUT2D eigenvalue weighted by Crippen LogP contribution is -2.32. The Morgan fingerprint density at radius 3 is 1.92 bits per heavy atom. The Hall–Kier alpha value is -6.15. The summed E-state index contributed by atoms with van der Waals surface area (Å²) in [5.41, 5.74) is 5.43. The summed E-state index contributed by atoms with van der Waals surface area (Å²) in [6.45, 7) is 1.12. The quantitative estimate of drug-likeness (QED) is 0.0339. The van der Waals surface area contributed by atoms with Crippen LogP contribution in [0.5, 0.6) is 0 Å². The van der Waals surface area contributed by atoms with Crippen LogP contribution in [0.2, 0.25) is 0 Å². The maximum absolute atomic E-state index is 13.6. The van der Waals surface area contributed by atoms with Crippen molar-refractivity contribution in [1.29, 1.82) is 5.41 Å². The van der Waals surface area contributed by atoms with Gasteiger partial charge in [-0.2, -0.15) is 16.8 Å². The Morgan fingerprint density at radius 1 is 0.721 bits per heavy atom. The summed E-state index contributed by atoms with van der Waals surface area (Å²) in [7, 11) is -8.15. The van der Waals surface area contributed by atoms with Gasteiger partial charge in [0.1, 0.15) is 15.6 Å². The van der Waals surface area contributed by atoms with Crippen LogP contribution in [0.3, 0.4) is 0 Å². The molecule has 3 aliphatic rings. The van der Waals surface area contributed by atoms with Gasteiger partial charge in [0, 0.05) is 62.3 Å². The van der Waals surface area contributed by atoms with E-state index in [-0.39, 0.29) is 46.9 Å². The van der Waals surface area contributed by atoms with E-state index < -0.39 is 67.7 Å². The zero-order valence-electron chi connectivity index (χ0n) is 33.1. The number of likely N-dealkylation sites (tertiary alicyclic amines) is 1. The molecule has 0 unspecified atom stereocenters. The maximum atomic E-state index is 13.6. The Kier molecular flexibility index (Phi) is 13.6. The summed E-state index contributed by atoms with van der Waals surface area (Å²) in [5, 5.41) is 5.71. The van der Waals surface area contributed by atoms with Gasteiger partial charge in [0.25, 0.3) is 20.2 Å². The van der Waals surface area contributed by atoms with Crippen molar-refractivity contribution in [2.45, 2.75) is 74.0 Å². The molecule has 2 aliphatic carbocycles. The van der Waals surface area contributed by atoms with Gasteiger partial charge in [-0.25, -0.2) is 4.99 Å². The number of hydrogen-bond donors (Lipinski definition) is 5. The molecule has 0 aromatic heterocycles. The number of amides is 2. The van der Waals surface area contributed by atoms with Gasteiger partial charge in [-0.3, -0.25) is 43.4 Å². The maximum Gasteiger partial charge on any atom is 0.296 e. The third-order valence-corrected chi connectivity index (χ3v) is 12.3. The molecule has 0 bridgehead atoms. The Bertz CT molecular complexity index is 3030. The van der Waals surface area contributed by atoms with Gasteiger partial charge in [0.15, 0.2) is 10.9 Å². The Balaban J connectivity index is 1.07. The summed E-state index contributed by atoms with van der Waals surface area (Å²) in [5.74, 6) is -0.161. The predicted molar refractivity (Wildman–Crippen MR) is 226 cm³/mol. The van der Waals surface area contributed by atoms with E-state index in [1.54, 1.807) is 12.1 Å². The molecule has 1 heterocycles. The van der Waals surface area contributed by atoms with Gasteiger partial charge in [-0.15, -0.1) is 0 Å². The van der Waals surface area contributed by atoms with Crippen LogP contribution in [0.25, 0.3) is 10.8 Å². The first kappa shape index (κ1) is 44.4. The zero-order chi connectivity index (χ0) is 44.1. The Labute approximate surface area is 350 Å². The van der Waals surface area contributed by atoms with E-state index in [0.29, 0.717) is 37.6 Å². The number of nitrogens with zero attached hydrogens (tertiary/aromatic N) is 3. The van der Waals surface area contributed by atoms with Crippen molar-refractivity contribution < 1.29 is 40.3 Å². The number of ketones is 1. The molecule has 0 saturated carbocycles. The second-order valence-electron chi connectivity index (χ2n) is 14.8. The number of imide groups is 1.